The van der Waals surface area contributed by atoms with E-state index in [1.807, 2.05) is 64.2 Å². The molecule has 33 heavy (non-hydrogen) atoms. The minimum absolute atomic E-state index is 0.264. The second-order valence-corrected chi connectivity index (χ2v) is 8.36. The van der Waals surface area contributed by atoms with E-state index in [9.17, 15) is 4.39 Å². The molecule has 0 amide bonds. The first-order chi connectivity index (χ1) is 16.1. The number of halogens is 2. The zero-order valence-corrected chi connectivity index (χ0v) is 19.2. The molecule has 166 valence electrons. The summed E-state index contributed by atoms with van der Waals surface area (Å²) in [5.41, 5.74) is 2.94. The summed E-state index contributed by atoms with van der Waals surface area (Å²) >= 11 is 12.2. The first-order valence-corrected chi connectivity index (χ1v) is 11.1. The molecule has 0 unspecified atom stereocenters. The first-order valence-electron chi connectivity index (χ1n) is 10.3. The molecule has 4 aromatic rings. The average molecular weight is 479 g/mol. The number of methoxy groups -OCH3 is 1. The number of aromatic nitrogens is 2. The van der Waals surface area contributed by atoms with Gasteiger partial charge in [0.25, 0.3) is 0 Å². The van der Waals surface area contributed by atoms with Gasteiger partial charge in [-0.3, -0.25) is 4.98 Å². The van der Waals surface area contributed by atoms with Crippen molar-refractivity contribution in [1.29, 1.82) is 0 Å². The van der Waals surface area contributed by atoms with Crippen molar-refractivity contribution in [3.63, 3.8) is 0 Å². The molecule has 2 atom stereocenters. The lowest BCUT2D eigenvalue weighted by atomic mass is 10.0. The molecule has 0 radical (unpaired) electrons. The Kier molecular flexibility index (Phi) is 5.74. The zero-order valence-electron chi connectivity index (χ0n) is 17.7. The summed E-state index contributed by atoms with van der Waals surface area (Å²) in [5.74, 6) is 0.267. The lowest BCUT2D eigenvalue weighted by molar-refractivity contribution is 0.415. The van der Waals surface area contributed by atoms with Crippen molar-refractivity contribution in [2.45, 2.75) is 12.1 Å². The standard InChI is InChI=1S/C25H20ClFN4OS/c1-32-22-12-11-16(15-17(22)26)31-24(23(29-25(31)33)19-8-4-5-13-28-19)21-10-6-14-30(21)20-9-3-2-7-18(20)27/h2-15,23-24H,1H3,(H,29,33)/t23-,24+/m1/s1. The van der Waals surface area contributed by atoms with Gasteiger partial charge in [0.05, 0.1) is 29.6 Å². The molecule has 8 heteroatoms. The lowest BCUT2D eigenvalue weighted by Gasteiger charge is -2.29. The minimum Gasteiger partial charge on any atom is -0.495 e. The molecule has 0 saturated carbocycles. The third-order valence-corrected chi connectivity index (χ3v) is 6.32. The lowest BCUT2D eigenvalue weighted by Crippen LogP contribution is -2.30. The fourth-order valence-electron chi connectivity index (χ4n) is 4.24. The maximum atomic E-state index is 14.8. The number of para-hydroxylation sites is 1. The zero-order chi connectivity index (χ0) is 22.9. The van der Waals surface area contributed by atoms with Crippen LogP contribution >= 0.6 is 23.8 Å². The van der Waals surface area contributed by atoms with Crippen LogP contribution < -0.4 is 15.0 Å². The highest BCUT2D eigenvalue weighted by Crippen LogP contribution is 2.43. The minimum atomic E-state index is -0.313. The molecule has 2 aromatic carbocycles. The number of hydrogen-bond donors (Lipinski definition) is 1. The molecule has 0 bridgehead atoms. The quantitative estimate of drug-likeness (QED) is 0.364. The van der Waals surface area contributed by atoms with Gasteiger partial charge in [-0.25, -0.2) is 4.39 Å². The number of hydrogen-bond acceptors (Lipinski definition) is 3. The molecular weight excluding hydrogens is 459 g/mol. The van der Waals surface area contributed by atoms with Crippen LogP contribution in [0.2, 0.25) is 5.02 Å². The van der Waals surface area contributed by atoms with Gasteiger partial charge in [-0.2, -0.15) is 0 Å². The second kappa shape index (κ2) is 8.84. The average Bonchev–Trinajstić information content (AvgIpc) is 3.44. The molecule has 5 rings (SSSR count). The third-order valence-electron chi connectivity index (χ3n) is 5.71. The van der Waals surface area contributed by atoms with Gasteiger partial charge in [0.1, 0.15) is 17.6 Å². The van der Waals surface area contributed by atoms with Gasteiger partial charge in [0, 0.05) is 23.8 Å². The highest BCUT2D eigenvalue weighted by molar-refractivity contribution is 7.80. The van der Waals surface area contributed by atoms with Crippen LogP contribution in [0.1, 0.15) is 23.5 Å². The van der Waals surface area contributed by atoms with Crippen molar-refractivity contribution >= 4 is 34.6 Å². The van der Waals surface area contributed by atoms with Crippen molar-refractivity contribution in [2.75, 3.05) is 12.0 Å². The summed E-state index contributed by atoms with van der Waals surface area (Å²) in [6.45, 7) is 0. The topological polar surface area (TPSA) is 42.3 Å². The Balaban J connectivity index is 1.68. The van der Waals surface area contributed by atoms with Crippen LogP contribution in [-0.2, 0) is 0 Å². The second-order valence-electron chi connectivity index (χ2n) is 7.57. The van der Waals surface area contributed by atoms with Crippen LogP contribution in [0, 0.1) is 5.82 Å². The third kappa shape index (κ3) is 3.83. The van der Waals surface area contributed by atoms with Crippen LogP contribution in [0.5, 0.6) is 5.75 Å². The van der Waals surface area contributed by atoms with Crippen molar-refractivity contribution in [1.82, 2.24) is 14.9 Å². The number of rotatable bonds is 5. The summed E-state index contributed by atoms with van der Waals surface area (Å²) in [7, 11) is 1.57. The number of thiocarbonyl (C=S) groups is 1. The van der Waals surface area contributed by atoms with Gasteiger partial charge in [0.2, 0.25) is 0 Å². The van der Waals surface area contributed by atoms with E-state index in [-0.39, 0.29) is 17.9 Å². The van der Waals surface area contributed by atoms with Gasteiger partial charge >= 0.3 is 0 Å². The summed E-state index contributed by atoms with van der Waals surface area (Å²) in [4.78, 5) is 6.56. The number of ether oxygens (including phenoxy) is 1. The van der Waals surface area contributed by atoms with E-state index in [4.69, 9.17) is 28.6 Å². The van der Waals surface area contributed by atoms with Crippen molar-refractivity contribution in [2.24, 2.45) is 0 Å². The monoisotopic (exact) mass is 478 g/mol. The number of nitrogens with zero attached hydrogens (tertiary/aromatic N) is 3. The molecule has 1 saturated heterocycles. The molecule has 5 nitrogen and oxygen atoms in total. The van der Waals surface area contributed by atoms with Crippen LogP contribution in [-0.4, -0.2) is 21.8 Å². The first kappa shape index (κ1) is 21.4. The molecule has 0 spiro atoms. The van der Waals surface area contributed by atoms with E-state index in [0.717, 1.165) is 17.1 Å². The highest BCUT2D eigenvalue weighted by atomic mass is 35.5. The largest absolute Gasteiger partial charge is 0.495 e. The fourth-order valence-corrected chi connectivity index (χ4v) is 4.84. The van der Waals surface area contributed by atoms with E-state index >= 15 is 0 Å². The van der Waals surface area contributed by atoms with Gasteiger partial charge in [-0.1, -0.05) is 29.8 Å². The summed E-state index contributed by atoms with van der Waals surface area (Å²) in [6.07, 6.45) is 3.60. The Labute approximate surface area is 201 Å². The SMILES string of the molecule is COc1ccc(N2C(=S)N[C@H](c3ccccn3)[C@@H]2c2cccn2-c2ccccc2F)cc1Cl. The van der Waals surface area contributed by atoms with Crippen molar-refractivity contribution in [3.8, 4) is 11.4 Å². The number of anilines is 1. The van der Waals surface area contributed by atoms with Gasteiger partial charge in [-0.05, 0) is 66.8 Å². The molecule has 1 fully saturated rings. The molecule has 1 aliphatic heterocycles. The predicted molar refractivity (Wildman–Crippen MR) is 132 cm³/mol. The van der Waals surface area contributed by atoms with E-state index in [0.29, 0.717) is 21.6 Å². The smallest absolute Gasteiger partial charge is 0.174 e. The Morgan fingerprint density at radius 2 is 1.88 bits per heavy atom. The number of benzene rings is 2. The van der Waals surface area contributed by atoms with E-state index in [1.165, 1.54) is 6.07 Å². The Morgan fingerprint density at radius 1 is 1.06 bits per heavy atom. The number of nitrogens with one attached hydrogen (secondary N) is 1. The molecule has 2 aromatic heterocycles. The molecule has 0 aliphatic carbocycles. The summed E-state index contributed by atoms with van der Waals surface area (Å²) in [6, 6.07) is 21.3. The molecule has 3 heterocycles. The highest BCUT2D eigenvalue weighted by Gasteiger charge is 2.42. The molecule has 1 N–H and O–H groups in total. The Morgan fingerprint density at radius 3 is 2.61 bits per heavy atom. The normalized spacial score (nSPS) is 17.8. The van der Waals surface area contributed by atoms with Crippen LogP contribution in [0.3, 0.4) is 0 Å². The van der Waals surface area contributed by atoms with Crippen molar-refractivity contribution in [3.05, 3.63) is 107 Å². The number of pyridine rings is 1. The molecular formula is C25H20ClFN4OS. The predicted octanol–water partition coefficient (Wildman–Crippen LogP) is 5.85. The van der Waals surface area contributed by atoms with Gasteiger partial charge < -0.3 is 19.5 Å². The van der Waals surface area contributed by atoms with Gasteiger partial charge in [-0.15, -0.1) is 0 Å². The van der Waals surface area contributed by atoms with E-state index in [1.54, 1.807) is 31.5 Å². The maximum Gasteiger partial charge on any atom is 0.174 e. The molecule has 1 aliphatic rings. The van der Waals surface area contributed by atoms with Crippen molar-refractivity contribution < 1.29 is 9.13 Å². The Hall–Kier alpha value is -3.42. The Bertz CT molecular complexity index is 1310. The van der Waals surface area contributed by atoms with Crippen LogP contribution in [0.4, 0.5) is 10.1 Å². The van der Waals surface area contributed by atoms with Gasteiger partial charge in [0.15, 0.2) is 5.11 Å². The van der Waals surface area contributed by atoms with Crippen LogP contribution in [0.25, 0.3) is 5.69 Å². The maximum absolute atomic E-state index is 14.8. The van der Waals surface area contributed by atoms with E-state index < -0.39 is 0 Å². The van der Waals surface area contributed by atoms with Crippen LogP contribution in [0.15, 0.2) is 85.2 Å². The van der Waals surface area contributed by atoms with E-state index in [2.05, 4.69) is 10.3 Å². The summed E-state index contributed by atoms with van der Waals surface area (Å²) < 4.78 is 21.9. The summed E-state index contributed by atoms with van der Waals surface area (Å²) in [5, 5.41) is 4.41. The fraction of sp³-hybridized carbons (Fsp3) is 0.120.